The highest BCUT2D eigenvalue weighted by Crippen LogP contribution is 2.30. The molecule has 0 unspecified atom stereocenters. The van der Waals surface area contributed by atoms with Crippen LogP contribution in [0, 0.1) is 6.92 Å². The number of hydrogen-bond acceptors (Lipinski definition) is 4. The van der Waals surface area contributed by atoms with Crippen LogP contribution in [0.4, 0.5) is 11.5 Å². The fourth-order valence-corrected chi connectivity index (χ4v) is 2.15. The van der Waals surface area contributed by atoms with Crippen LogP contribution in [0.5, 0.6) is 0 Å². The minimum Gasteiger partial charge on any atom is -0.298 e. The number of benzene rings is 2. The van der Waals surface area contributed by atoms with Crippen LogP contribution < -0.4 is 0 Å². The van der Waals surface area contributed by atoms with Crippen molar-refractivity contribution in [2.75, 3.05) is 0 Å². The molecule has 0 bridgehead atoms. The minimum absolute atomic E-state index is 0.519. The summed E-state index contributed by atoms with van der Waals surface area (Å²) in [6.45, 7) is 1.97. The maximum Gasteiger partial charge on any atom is 0.174 e. The number of aldehydes is 1. The SMILES string of the molecule is Cc1ccnc(N=Nc2c(C=O)ccc3ccccc23)c1. The molecule has 0 aliphatic carbocycles. The number of aryl methyl sites for hydroxylation is 1. The Morgan fingerprint density at radius 1 is 1.05 bits per heavy atom. The summed E-state index contributed by atoms with van der Waals surface area (Å²) in [5.41, 5.74) is 2.16. The zero-order valence-electron chi connectivity index (χ0n) is 11.5. The van der Waals surface area contributed by atoms with Gasteiger partial charge in [0.25, 0.3) is 0 Å². The van der Waals surface area contributed by atoms with Crippen molar-refractivity contribution in [3.05, 3.63) is 65.9 Å². The Hall–Kier alpha value is -2.88. The lowest BCUT2D eigenvalue weighted by Crippen LogP contribution is -1.83. The van der Waals surface area contributed by atoms with Crippen molar-refractivity contribution < 1.29 is 4.79 Å². The summed E-state index contributed by atoms with van der Waals surface area (Å²) in [6.07, 6.45) is 2.48. The van der Waals surface area contributed by atoms with E-state index in [0.717, 1.165) is 22.6 Å². The first-order chi connectivity index (χ1) is 10.3. The molecule has 0 spiro atoms. The molecule has 0 atom stereocenters. The van der Waals surface area contributed by atoms with Crippen molar-refractivity contribution in [1.82, 2.24) is 4.98 Å². The van der Waals surface area contributed by atoms with Gasteiger partial charge in [-0.3, -0.25) is 4.79 Å². The molecule has 4 heteroatoms. The van der Waals surface area contributed by atoms with E-state index in [2.05, 4.69) is 15.2 Å². The number of pyridine rings is 1. The maximum absolute atomic E-state index is 11.2. The predicted molar refractivity (Wildman–Crippen MR) is 82.5 cm³/mol. The van der Waals surface area contributed by atoms with Crippen molar-refractivity contribution in [1.29, 1.82) is 0 Å². The van der Waals surface area contributed by atoms with Crippen molar-refractivity contribution in [3.63, 3.8) is 0 Å². The fraction of sp³-hybridized carbons (Fsp3) is 0.0588. The Morgan fingerprint density at radius 2 is 1.90 bits per heavy atom. The summed E-state index contributed by atoms with van der Waals surface area (Å²) in [7, 11) is 0. The number of rotatable bonds is 3. The highest BCUT2D eigenvalue weighted by Gasteiger charge is 2.06. The Balaban J connectivity index is 2.12. The number of hydrogen-bond donors (Lipinski definition) is 0. The molecular weight excluding hydrogens is 262 g/mol. The molecule has 102 valence electrons. The van der Waals surface area contributed by atoms with E-state index in [-0.39, 0.29) is 0 Å². The molecule has 2 aromatic carbocycles. The number of fused-ring (bicyclic) bond motifs is 1. The number of carbonyl (C=O) groups excluding carboxylic acids is 1. The van der Waals surface area contributed by atoms with Gasteiger partial charge in [0.05, 0.1) is 0 Å². The summed E-state index contributed by atoms with van der Waals surface area (Å²) in [5, 5.41) is 10.3. The van der Waals surface area contributed by atoms with Gasteiger partial charge in [0.1, 0.15) is 5.69 Å². The second-order valence-corrected chi connectivity index (χ2v) is 4.73. The van der Waals surface area contributed by atoms with Crippen LogP contribution in [0.25, 0.3) is 10.8 Å². The third kappa shape index (κ3) is 2.69. The van der Waals surface area contributed by atoms with E-state index in [0.29, 0.717) is 17.1 Å². The molecule has 3 rings (SSSR count). The van der Waals surface area contributed by atoms with E-state index >= 15 is 0 Å². The number of azo groups is 1. The average Bonchev–Trinajstić information content (AvgIpc) is 2.52. The standard InChI is InChI=1S/C17H13N3O/c1-12-8-9-18-16(10-12)19-20-17-14(11-21)7-6-13-4-2-3-5-15(13)17/h2-11H,1H3. The van der Waals surface area contributed by atoms with E-state index < -0.39 is 0 Å². The third-order valence-electron chi connectivity index (χ3n) is 3.21. The molecule has 0 fully saturated rings. The fourth-order valence-electron chi connectivity index (χ4n) is 2.15. The summed E-state index contributed by atoms with van der Waals surface area (Å²) in [5.74, 6) is 0.528. The second kappa shape index (κ2) is 5.63. The van der Waals surface area contributed by atoms with Gasteiger partial charge in [-0.2, -0.15) is 0 Å². The van der Waals surface area contributed by atoms with E-state index in [1.165, 1.54) is 0 Å². The lowest BCUT2D eigenvalue weighted by molar-refractivity contribution is 0.112. The summed E-state index contributed by atoms with van der Waals surface area (Å²) < 4.78 is 0. The quantitative estimate of drug-likeness (QED) is 0.510. The van der Waals surface area contributed by atoms with E-state index in [4.69, 9.17) is 0 Å². The summed E-state index contributed by atoms with van der Waals surface area (Å²) in [4.78, 5) is 15.4. The molecule has 4 nitrogen and oxygen atoms in total. The predicted octanol–water partition coefficient (Wildman–Crippen LogP) is 4.77. The monoisotopic (exact) mass is 275 g/mol. The Morgan fingerprint density at radius 3 is 2.71 bits per heavy atom. The van der Waals surface area contributed by atoms with Crippen molar-refractivity contribution in [2.24, 2.45) is 10.2 Å². The van der Waals surface area contributed by atoms with Crippen LogP contribution in [0.2, 0.25) is 0 Å². The Kier molecular flexibility index (Phi) is 3.51. The summed E-state index contributed by atoms with van der Waals surface area (Å²) >= 11 is 0. The zero-order chi connectivity index (χ0) is 14.7. The van der Waals surface area contributed by atoms with Crippen molar-refractivity contribution in [3.8, 4) is 0 Å². The van der Waals surface area contributed by atoms with E-state index in [1.54, 1.807) is 12.3 Å². The minimum atomic E-state index is 0.519. The molecule has 0 N–H and O–H groups in total. The van der Waals surface area contributed by atoms with Gasteiger partial charge >= 0.3 is 0 Å². The van der Waals surface area contributed by atoms with Crippen LogP contribution in [-0.2, 0) is 0 Å². The van der Waals surface area contributed by atoms with Crippen LogP contribution in [0.3, 0.4) is 0 Å². The number of aromatic nitrogens is 1. The zero-order valence-corrected chi connectivity index (χ0v) is 11.5. The maximum atomic E-state index is 11.2. The van der Waals surface area contributed by atoms with Gasteiger partial charge in [0.15, 0.2) is 12.1 Å². The molecule has 0 amide bonds. The van der Waals surface area contributed by atoms with Gasteiger partial charge < -0.3 is 0 Å². The first kappa shape index (κ1) is 13.1. The van der Waals surface area contributed by atoms with Gasteiger partial charge in [-0.15, -0.1) is 10.2 Å². The molecule has 1 aromatic heterocycles. The van der Waals surface area contributed by atoms with Gasteiger partial charge in [-0.1, -0.05) is 30.3 Å². The van der Waals surface area contributed by atoms with Gasteiger partial charge in [0.2, 0.25) is 0 Å². The third-order valence-corrected chi connectivity index (χ3v) is 3.21. The highest BCUT2D eigenvalue weighted by molar-refractivity contribution is 6.00. The smallest absolute Gasteiger partial charge is 0.174 e. The summed E-state index contributed by atoms with van der Waals surface area (Å²) in [6, 6.07) is 15.2. The van der Waals surface area contributed by atoms with Crippen molar-refractivity contribution in [2.45, 2.75) is 6.92 Å². The molecule has 3 aromatic rings. The lowest BCUT2D eigenvalue weighted by atomic mass is 10.1. The molecule has 0 radical (unpaired) electrons. The van der Waals surface area contributed by atoms with E-state index in [9.17, 15) is 4.79 Å². The molecule has 1 heterocycles. The van der Waals surface area contributed by atoms with Crippen LogP contribution in [0.15, 0.2) is 65.0 Å². The number of nitrogens with zero attached hydrogens (tertiary/aromatic N) is 3. The second-order valence-electron chi connectivity index (χ2n) is 4.73. The topological polar surface area (TPSA) is 54.7 Å². The van der Waals surface area contributed by atoms with Gasteiger partial charge in [-0.05, 0) is 36.1 Å². The normalized spacial score (nSPS) is 11.1. The molecule has 0 saturated carbocycles. The van der Waals surface area contributed by atoms with Crippen LogP contribution in [-0.4, -0.2) is 11.3 Å². The lowest BCUT2D eigenvalue weighted by Gasteiger charge is -2.03. The largest absolute Gasteiger partial charge is 0.298 e. The molecule has 0 aliphatic heterocycles. The Bertz CT molecular complexity index is 840. The highest BCUT2D eigenvalue weighted by atomic mass is 16.1. The molecule has 0 aliphatic rings. The van der Waals surface area contributed by atoms with Gasteiger partial charge in [0, 0.05) is 17.1 Å². The van der Waals surface area contributed by atoms with Crippen LogP contribution in [0.1, 0.15) is 15.9 Å². The van der Waals surface area contributed by atoms with Crippen LogP contribution >= 0.6 is 0 Å². The van der Waals surface area contributed by atoms with Gasteiger partial charge in [-0.25, -0.2) is 4.98 Å². The van der Waals surface area contributed by atoms with Crippen molar-refractivity contribution >= 4 is 28.6 Å². The number of carbonyl (C=O) groups is 1. The Labute approximate surface area is 122 Å². The average molecular weight is 275 g/mol. The molecule has 21 heavy (non-hydrogen) atoms. The first-order valence-corrected chi connectivity index (χ1v) is 6.59. The van der Waals surface area contributed by atoms with E-state index in [1.807, 2.05) is 49.4 Å². The molecule has 0 saturated heterocycles. The first-order valence-electron chi connectivity index (χ1n) is 6.59. The molecular formula is C17H13N3O.